The minimum atomic E-state index is -0.753. The SMILES string of the molecule is CN(CC(C)(C)O)C(CC#N)c1ccccc1. The van der Waals surface area contributed by atoms with Crippen molar-refractivity contribution in [1.82, 2.24) is 4.90 Å². The Bertz CT molecular complexity index is 375. The zero-order chi connectivity index (χ0) is 12.9. The fraction of sp³-hybridized carbons (Fsp3) is 0.500. The smallest absolute Gasteiger partial charge is 0.0718 e. The first-order chi connectivity index (χ1) is 7.94. The van der Waals surface area contributed by atoms with E-state index in [9.17, 15) is 5.11 Å². The highest BCUT2D eigenvalue weighted by Gasteiger charge is 2.22. The molecule has 92 valence electrons. The normalized spacial score (nSPS) is 13.4. The van der Waals surface area contributed by atoms with E-state index in [4.69, 9.17) is 5.26 Å². The van der Waals surface area contributed by atoms with Crippen molar-refractivity contribution in [3.63, 3.8) is 0 Å². The standard InChI is InChI=1S/C14H20N2O/c1-14(2,17)11-16(3)13(9-10-15)12-7-5-4-6-8-12/h4-8,13,17H,9,11H2,1-3H3. The molecule has 0 saturated carbocycles. The second kappa shape index (κ2) is 5.81. The topological polar surface area (TPSA) is 47.3 Å². The summed E-state index contributed by atoms with van der Waals surface area (Å²) in [6.07, 6.45) is 0.427. The number of rotatable bonds is 5. The molecule has 0 saturated heterocycles. The predicted octanol–water partition coefficient (Wildman–Crippen LogP) is 2.34. The van der Waals surface area contributed by atoms with E-state index in [-0.39, 0.29) is 6.04 Å². The molecule has 0 radical (unpaired) electrons. The van der Waals surface area contributed by atoms with E-state index < -0.39 is 5.60 Å². The lowest BCUT2D eigenvalue weighted by molar-refractivity contribution is 0.0314. The molecule has 3 heteroatoms. The summed E-state index contributed by atoms with van der Waals surface area (Å²) in [6, 6.07) is 12.2. The molecule has 1 N–H and O–H groups in total. The largest absolute Gasteiger partial charge is 0.389 e. The van der Waals surface area contributed by atoms with E-state index in [2.05, 4.69) is 6.07 Å². The number of likely N-dealkylation sites (N-methyl/N-ethyl adjacent to an activating group) is 1. The maximum Gasteiger partial charge on any atom is 0.0718 e. The monoisotopic (exact) mass is 232 g/mol. The average molecular weight is 232 g/mol. The van der Waals surface area contributed by atoms with Crippen molar-refractivity contribution in [3.05, 3.63) is 35.9 Å². The van der Waals surface area contributed by atoms with Crippen LogP contribution in [0.4, 0.5) is 0 Å². The Morgan fingerprint density at radius 1 is 1.35 bits per heavy atom. The van der Waals surface area contributed by atoms with Crippen molar-refractivity contribution in [2.45, 2.75) is 31.9 Å². The molecule has 0 amide bonds. The van der Waals surface area contributed by atoms with Crippen molar-refractivity contribution < 1.29 is 5.11 Å². The van der Waals surface area contributed by atoms with Crippen molar-refractivity contribution in [2.24, 2.45) is 0 Å². The first-order valence-electron chi connectivity index (χ1n) is 5.78. The van der Waals surface area contributed by atoms with Crippen molar-refractivity contribution in [2.75, 3.05) is 13.6 Å². The van der Waals surface area contributed by atoms with Crippen LogP contribution in [-0.2, 0) is 0 Å². The molecular formula is C14H20N2O. The molecule has 0 fully saturated rings. The maximum atomic E-state index is 9.83. The highest BCUT2D eigenvalue weighted by molar-refractivity contribution is 5.20. The molecule has 3 nitrogen and oxygen atoms in total. The summed E-state index contributed by atoms with van der Waals surface area (Å²) in [4.78, 5) is 2.03. The van der Waals surface area contributed by atoms with Gasteiger partial charge < -0.3 is 5.11 Å². The fourth-order valence-corrected chi connectivity index (χ4v) is 2.01. The Morgan fingerprint density at radius 2 is 1.94 bits per heavy atom. The lowest BCUT2D eigenvalue weighted by Crippen LogP contribution is -2.38. The zero-order valence-corrected chi connectivity index (χ0v) is 10.7. The van der Waals surface area contributed by atoms with Gasteiger partial charge in [-0.3, -0.25) is 4.90 Å². The summed E-state index contributed by atoms with van der Waals surface area (Å²) in [5, 5.41) is 18.7. The highest BCUT2D eigenvalue weighted by atomic mass is 16.3. The first-order valence-corrected chi connectivity index (χ1v) is 5.78. The molecule has 1 rings (SSSR count). The highest BCUT2D eigenvalue weighted by Crippen LogP contribution is 2.23. The molecule has 1 unspecified atom stereocenters. The van der Waals surface area contributed by atoms with Crippen LogP contribution in [0.5, 0.6) is 0 Å². The van der Waals surface area contributed by atoms with Gasteiger partial charge in [0.1, 0.15) is 0 Å². The van der Waals surface area contributed by atoms with Gasteiger partial charge in [-0.2, -0.15) is 5.26 Å². The van der Waals surface area contributed by atoms with Gasteiger partial charge in [0.25, 0.3) is 0 Å². The van der Waals surface area contributed by atoms with Crippen LogP contribution >= 0.6 is 0 Å². The molecular weight excluding hydrogens is 212 g/mol. The van der Waals surface area contributed by atoms with Crippen molar-refractivity contribution in [3.8, 4) is 6.07 Å². The first kappa shape index (κ1) is 13.7. The van der Waals surface area contributed by atoms with Gasteiger partial charge in [-0.1, -0.05) is 30.3 Å². The van der Waals surface area contributed by atoms with Gasteiger partial charge in [-0.05, 0) is 26.5 Å². The number of benzene rings is 1. The van der Waals surface area contributed by atoms with Gasteiger partial charge in [-0.15, -0.1) is 0 Å². The lowest BCUT2D eigenvalue weighted by atomic mass is 10.0. The van der Waals surface area contributed by atoms with Gasteiger partial charge in [0.2, 0.25) is 0 Å². The molecule has 17 heavy (non-hydrogen) atoms. The molecule has 0 heterocycles. The van der Waals surface area contributed by atoms with E-state index in [1.54, 1.807) is 13.8 Å². The van der Waals surface area contributed by atoms with Crippen LogP contribution in [0.3, 0.4) is 0 Å². The van der Waals surface area contributed by atoms with E-state index >= 15 is 0 Å². The Labute approximate surface area is 103 Å². The second-order valence-corrected chi connectivity index (χ2v) is 5.02. The third kappa shape index (κ3) is 4.56. The summed E-state index contributed by atoms with van der Waals surface area (Å²) < 4.78 is 0. The number of aliphatic hydroxyl groups is 1. The molecule has 0 aliphatic heterocycles. The molecule has 0 bridgehead atoms. The van der Waals surface area contributed by atoms with E-state index in [1.165, 1.54) is 0 Å². The lowest BCUT2D eigenvalue weighted by Gasteiger charge is -2.31. The van der Waals surface area contributed by atoms with Gasteiger partial charge in [-0.25, -0.2) is 0 Å². The van der Waals surface area contributed by atoms with E-state index in [1.807, 2.05) is 42.3 Å². The summed E-state index contributed by atoms with van der Waals surface area (Å²) >= 11 is 0. The third-order valence-corrected chi connectivity index (χ3v) is 2.64. The Kier molecular flexibility index (Phi) is 4.68. The minimum absolute atomic E-state index is 0.0348. The minimum Gasteiger partial charge on any atom is -0.389 e. The van der Waals surface area contributed by atoms with Crippen LogP contribution in [0, 0.1) is 11.3 Å². The Balaban J connectivity index is 2.83. The molecule has 0 aromatic heterocycles. The molecule has 0 aliphatic rings. The summed E-state index contributed by atoms with van der Waals surface area (Å²) in [5.41, 5.74) is 0.359. The number of hydrogen-bond donors (Lipinski definition) is 1. The number of nitriles is 1. The molecule has 0 spiro atoms. The van der Waals surface area contributed by atoms with Crippen LogP contribution in [0.2, 0.25) is 0 Å². The Hall–Kier alpha value is -1.37. The second-order valence-electron chi connectivity index (χ2n) is 5.02. The maximum absolute atomic E-state index is 9.83. The summed E-state index contributed by atoms with van der Waals surface area (Å²) in [5.74, 6) is 0. The third-order valence-electron chi connectivity index (χ3n) is 2.64. The molecule has 0 aliphatic carbocycles. The average Bonchev–Trinajstić information content (AvgIpc) is 2.24. The van der Waals surface area contributed by atoms with Crippen LogP contribution in [-0.4, -0.2) is 29.2 Å². The quantitative estimate of drug-likeness (QED) is 0.847. The Morgan fingerprint density at radius 3 is 2.41 bits per heavy atom. The van der Waals surface area contributed by atoms with Crippen LogP contribution in [0.15, 0.2) is 30.3 Å². The van der Waals surface area contributed by atoms with Crippen LogP contribution < -0.4 is 0 Å². The molecule has 1 aromatic carbocycles. The van der Waals surface area contributed by atoms with E-state index in [0.717, 1.165) is 5.56 Å². The van der Waals surface area contributed by atoms with Crippen molar-refractivity contribution in [1.29, 1.82) is 5.26 Å². The van der Waals surface area contributed by atoms with Crippen molar-refractivity contribution >= 4 is 0 Å². The summed E-state index contributed by atoms with van der Waals surface area (Å²) in [6.45, 7) is 4.09. The van der Waals surface area contributed by atoms with Gasteiger partial charge in [0.15, 0.2) is 0 Å². The van der Waals surface area contributed by atoms with Gasteiger partial charge in [0, 0.05) is 12.6 Å². The van der Waals surface area contributed by atoms with Gasteiger partial charge >= 0.3 is 0 Å². The molecule has 1 atom stereocenters. The van der Waals surface area contributed by atoms with Crippen LogP contribution in [0.1, 0.15) is 31.9 Å². The fourth-order valence-electron chi connectivity index (χ4n) is 2.01. The zero-order valence-electron chi connectivity index (χ0n) is 10.7. The van der Waals surface area contributed by atoms with Crippen LogP contribution in [0.25, 0.3) is 0 Å². The summed E-state index contributed by atoms with van der Waals surface area (Å²) in [7, 11) is 1.94. The van der Waals surface area contributed by atoms with E-state index in [0.29, 0.717) is 13.0 Å². The number of nitrogens with zero attached hydrogens (tertiary/aromatic N) is 2. The molecule has 1 aromatic rings. The number of hydrogen-bond acceptors (Lipinski definition) is 3. The van der Waals surface area contributed by atoms with Gasteiger partial charge in [0.05, 0.1) is 18.1 Å². The predicted molar refractivity (Wildman–Crippen MR) is 68.3 cm³/mol.